The van der Waals surface area contributed by atoms with Gasteiger partial charge in [-0.25, -0.2) is 9.97 Å². The second-order valence-electron chi connectivity index (χ2n) is 6.78. The number of rotatable bonds is 8. The van der Waals surface area contributed by atoms with E-state index < -0.39 is 6.10 Å². The number of aromatic nitrogens is 3. The van der Waals surface area contributed by atoms with Crippen molar-refractivity contribution in [2.75, 3.05) is 13.7 Å². The average molecular weight is 422 g/mol. The number of methoxy groups -OCH3 is 1. The van der Waals surface area contributed by atoms with Gasteiger partial charge in [0.15, 0.2) is 17.3 Å². The lowest BCUT2D eigenvalue weighted by Gasteiger charge is -2.17. The minimum Gasteiger partial charge on any atom is -0.493 e. The highest BCUT2D eigenvalue weighted by atomic mass is 32.1. The summed E-state index contributed by atoms with van der Waals surface area (Å²) in [5.74, 6) is 1.97. The summed E-state index contributed by atoms with van der Waals surface area (Å²) in [6, 6.07) is 13.6. The first kappa shape index (κ1) is 20.1. The van der Waals surface area contributed by atoms with Gasteiger partial charge in [-0.05, 0) is 36.8 Å². The number of fused-ring (bicyclic) bond motifs is 1. The van der Waals surface area contributed by atoms with Crippen molar-refractivity contribution in [3.8, 4) is 23.0 Å². The van der Waals surface area contributed by atoms with Crippen molar-refractivity contribution < 1.29 is 14.6 Å². The molecule has 0 spiro atoms. The molecule has 1 N–H and O–H groups in total. The number of benzene rings is 2. The molecule has 4 aromatic rings. The Labute approximate surface area is 179 Å². The van der Waals surface area contributed by atoms with E-state index in [-0.39, 0.29) is 6.61 Å². The van der Waals surface area contributed by atoms with Crippen LogP contribution in [-0.2, 0) is 6.54 Å². The number of para-hydroxylation sites is 2. The monoisotopic (exact) mass is 421 g/mol. The van der Waals surface area contributed by atoms with Crippen molar-refractivity contribution in [2.24, 2.45) is 0 Å². The Bertz CT molecular complexity index is 1150. The van der Waals surface area contributed by atoms with Crippen LogP contribution in [0.25, 0.3) is 28.6 Å². The summed E-state index contributed by atoms with van der Waals surface area (Å²) in [5, 5.41) is 12.7. The van der Waals surface area contributed by atoms with Gasteiger partial charge in [0.1, 0.15) is 18.4 Å². The van der Waals surface area contributed by atoms with E-state index in [0.29, 0.717) is 18.0 Å². The van der Waals surface area contributed by atoms with Crippen molar-refractivity contribution in [1.29, 1.82) is 0 Å². The maximum Gasteiger partial charge on any atom is 0.161 e. The van der Waals surface area contributed by atoms with Gasteiger partial charge in [0.05, 0.1) is 30.2 Å². The molecule has 1 unspecified atom stereocenters. The molecule has 0 saturated heterocycles. The van der Waals surface area contributed by atoms with Crippen LogP contribution in [0.15, 0.2) is 59.4 Å². The first-order chi connectivity index (χ1) is 14.7. The fourth-order valence-corrected chi connectivity index (χ4v) is 3.86. The van der Waals surface area contributed by atoms with Crippen LogP contribution in [-0.4, -0.2) is 39.5 Å². The van der Waals surface area contributed by atoms with E-state index in [4.69, 9.17) is 14.5 Å². The van der Waals surface area contributed by atoms with E-state index in [9.17, 15) is 5.11 Å². The van der Waals surface area contributed by atoms with Crippen molar-refractivity contribution in [2.45, 2.75) is 19.6 Å². The second kappa shape index (κ2) is 9.11. The lowest BCUT2D eigenvalue weighted by molar-refractivity contribution is 0.0923. The molecular formula is C23H23N3O3S. The zero-order valence-corrected chi connectivity index (χ0v) is 17.7. The average Bonchev–Trinajstić information content (AvgIpc) is 3.41. The summed E-state index contributed by atoms with van der Waals surface area (Å²) >= 11 is 1.52. The molecule has 2 heterocycles. The van der Waals surface area contributed by atoms with Gasteiger partial charge in [-0.3, -0.25) is 0 Å². The Balaban J connectivity index is 1.53. The largest absolute Gasteiger partial charge is 0.493 e. The summed E-state index contributed by atoms with van der Waals surface area (Å²) in [6.07, 6.45) is 3.22. The van der Waals surface area contributed by atoms with E-state index in [0.717, 1.165) is 28.1 Å². The number of hydrogen-bond donors (Lipinski definition) is 1. The van der Waals surface area contributed by atoms with Crippen LogP contribution in [0.2, 0.25) is 0 Å². The third-order valence-corrected chi connectivity index (χ3v) is 5.27. The summed E-state index contributed by atoms with van der Waals surface area (Å²) in [7, 11) is 1.61. The van der Waals surface area contributed by atoms with Crippen LogP contribution < -0.4 is 9.47 Å². The topological polar surface area (TPSA) is 69.4 Å². The Morgan fingerprint density at radius 1 is 1.20 bits per heavy atom. The van der Waals surface area contributed by atoms with Gasteiger partial charge in [0, 0.05) is 5.38 Å². The molecule has 30 heavy (non-hydrogen) atoms. The van der Waals surface area contributed by atoms with Gasteiger partial charge in [-0.2, -0.15) is 0 Å². The lowest BCUT2D eigenvalue weighted by Crippen LogP contribution is -2.24. The molecule has 2 aromatic heterocycles. The highest BCUT2D eigenvalue weighted by Gasteiger charge is 2.17. The van der Waals surface area contributed by atoms with Crippen LogP contribution in [0, 0.1) is 0 Å². The number of allylic oxidation sites excluding steroid dienone is 1. The predicted octanol–water partition coefficient (Wildman–Crippen LogP) is 4.64. The minimum atomic E-state index is -0.736. The van der Waals surface area contributed by atoms with Crippen molar-refractivity contribution >= 4 is 28.4 Å². The standard InChI is InChI=1S/C23H23N3O3S/c1-3-6-16-9-10-21(22(11-16)28-2)29-13-17(27)12-26-20-8-5-4-7-18(20)25-23(26)19-14-30-15-24-19/h3-11,14-15,17,27H,12-13H2,1-2H3. The number of imidazole rings is 1. The molecule has 2 aromatic carbocycles. The molecule has 0 amide bonds. The highest BCUT2D eigenvalue weighted by molar-refractivity contribution is 7.07. The number of thiazole rings is 1. The Kier molecular flexibility index (Phi) is 6.11. The smallest absolute Gasteiger partial charge is 0.161 e. The molecule has 0 aliphatic heterocycles. The number of nitrogens with zero attached hydrogens (tertiary/aromatic N) is 3. The number of aliphatic hydroxyl groups is 1. The summed E-state index contributed by atoms with van der Waals surface area (Å²) < 4.78 is 13.3. The summed E-state index contributed by atoms with van der Waals surface area (Å²) in [6.45, 7) is 2.43. The molecule has 0 radical (unpaired) electrons. The van der Waals surface area contributed by atoms with Gasteiger partial charge >= 0.3 is 0 Å². The molecule has 0 saturated carbocycles. The van der Waals surface area contributed by atoms with Gasteiger partial charge < -0.3 is 19.1 Å². The molecule has 0 fully saturated rings. The third kappa shape index (κ3) is 4.22. The number of hydrogen-bond acceptors (Lipinski definition) is 6. The normalized spacial score (nSPS) is 12.5. The van der Waals surface area contributed by atoms with Gasteiger partial charge in [-0.15, -0.1) is 11.3 Å². The number of ether oxygens (including phenoxy) is 2. The van der Waals surface area contributed by atoms with E-state index in [1.165, 1.54) is 11.3 Å². The Morgan fingerprint density at radius 3 is 2.83 bits per heavy atom. The first-order valence-electron chi connectivity index (χ1n) is 9.65. The van der Waals surface area contributed by atoms with Crippen LogP contribution >= 0.6 is 11.3 Å². The highest BCUT2D eigenvalue weighted by Crippen LogP contribution is 2.29. The third-order valence-electron chi connectivity index (χ3n) is 4.69. The molecule has 0 aliphatic rings. The van der Waals surface area contributed by atoms with Crippen LogP contribution in [0.4, 0.5) is 0 Å². The second-order valence-corrected chi connectivity index (χ2v) is 7.50. The van der Waals surface area contributed by atoms with Gasteiger partial charge in [-0.1, -0.05) is 30.4 Å². The van der Waals surface area contributed by atoms with Crippen molar-refractivity contribution in [1.82, 2.24) is 14.5 Å². The zero-order chi connectivity index (χ0) is 20.9. The van der Waals surface area contributed by atoms with Crippen molar-refractivity contribution in [3.05, 3.63) is 65.0 Å². The van der Waals surface area contributed by atoms with Crippen LogP contribution in [0.1, 0.15) is 12.5 Å². The molecule has 0 aliphatic carbocycles. The van der Waals surface area contributed by atoms with Crippen LogP contribution in [0.3, 0.4) is 0 Å². The SMILES string of the molecule is CC=Cc1ccc(OCC(O)Cn2c(-c3cscn3)nc3ccccc32)c(OC)c1. The van der Waals surface area contributed by atoms with Gasteiger partial charge in [0.2, 0.25) is 0 Å². The zero-order valence-electron chi connectivity index (χ0n) is 16.9. The number of aliphatic hydroxyl groups excluding tert-OH is 1. The Hall–Kier alpha value is -3.16. The molecule has 0 bridgehead atoms. The van der Waals surface area contributed by atoms with Gasteiger partial charge in [0.25, 0.3) is 0 Å². The molecule has 1 atom stereocenters. The fourth-order valence-electron chi connectivity index (χ4n) is 3.33. The van der Waals surface area contributed by atoms with E-state index in [2.05, 4.69) is 4.98 Å². The van der Waals surface area contributed by atoms with E-state index in [1.54, 1.807) is 12.6 Å². The van der Waals surface area contributed by atoms with Crippen molar-refractivity contribution in [3.63, 3.8) is 0 Å². The summed E-state index contributed by atoms with van der Waals surface area (Å²) in [5.41, 5.74) is 5.43. The van der Waals surface area contributed by atoms with Crippen LogP contribution in [0.5, 0.6) is 11.5 Å². The summed E-state index contributed by atoms with van der Waals surface area (Å²) in [4.78, 5) is 9.10. The molecule has 7 heteroatoms. The maximum atomic E-state index is 10.7. The van der Waals surface area contributed by atoms with E-state index in [1.807, 2.05) is 71.5 Å². The first-order valence-corrected chi connectivity index (χ1v) is 10.6. The molecule has 6 nitrogen and oxygen atoms in total. The minimum absolute atomic E-state index is 0.127. The van der Waals surface area contributed by atoms with E-state index >= 15 is 0 Å². The maximum absolute atomic E-state index is 10.7. The molecular weight excluding hydrogens is 398 g/mol. The lowest BCUT2D eigenvalue weighted by atomic mass is 10.2. The molecule has 4 rings (SSSR count). The quantitative estimate of drug-likeness (QED) is 0.449. The fraction of sp³-hybridized carbons (Fsp3) is 0.217. The Morgan fingerprint density at radius 2 is 2.07 bits per heavy atom. The molecule has 154 valence electrons. The predicted molar refractivity (Wildman–Crippen MR) is 120 cm³/mol.